The third kappa shape index (κ3) is 5.03. The number of hydrogen-bond acceptors (Lipinski definition) is 5. The van der Waals surface area contributed by atoms with E-state index in [1.165, 1.54) is 24.8 Å². The molecule has 0 saturated heterocycles. The predicted molar refractivity (Wildman–Crippen MR) is 122 cm³/mol. The highest BCUT2D eigenvalue weighted by Crippen LogP contribution is 2.29. The van der Waals surface area contributed by atoms with E-state index in [0.29, 0.717) is 33.4 Å². The van der Waals surface area contributed by atoms with E-state index >= 15 is 0 Å². The highest BCUT2D eigenvalue weighted by atomic mass is 35.5. The molecule has 1 N–H and O–H groups in total. The average molecular weight is 482 g/mol. The summed E-state index contributed by atoms with van der Waals surface area (Å²) >= 11 is 12.5. The summed E-state index contributed by atoms with van der Waals surface area (Å²) in [5, 5.41) is 6.11. The Bertz CT molecular complexity index is 1210. The molecule has 2 aromatic carbocycles. The molecule has 10 heteroatoms. The first kappa shape index (κ1) is 23.1. The van der Waals surface area contributed by atoms with Crippen molar-refractivity contribution in [2.75, 3.05) is 12.4 Å². The standard InChI is InChI=1S/C21H21Cl2N3O4S/c1-13-17(20(23)26(25-13)16-7-5-4-6-8-16)12-31(28,29)14(2)21(27)24-15-9-10-19(30-3)18(22)11-15/h4-11,14H,12H2,1-3H3,(H,24,27). The van der Waals surface area contributed by atoms with E-state index in [1.54, 1.807) is 19.1 Å². The van der Waals surface area contributed by atoms with Crippen molar-refractivity contribution in [2.24, 2.45) is 0 Å². The number of nitrogens with zero attached hydrogens (tertiary/aromatic N) is 2. The summed E-state index contributed by atoms with van der Waals surface area (Å²) in [4.78, 5) is 12.6. The van der Waals surface area contributed by atoms with Crippen molar-refractivity contribution < 1.29 is 17.9 Å². The highest BCUT2D eigenvalue weighted by Gasteiger charge is 2.31. The third-order valence-electron chi connectivity index (χ3n) is 4.80. The van der Waals surface area contributed by atoms with Crippen LogP contribution in [0.3, 0.4) is 0 Å². The number of amides is 1. The van der Waals surface area contributed by atoms with Crippen molar-refractivity contribution in [1.82, 2.24) is 9.78 Å². The Balaban J connectivity index is 1.79. The largest absolute Gasteiger partial charge is 0.495 e. The summed E-state index contributed by atoms with van der Waals surface area (Å²) in [5.41, 5.74) is 1.91. The number of nitrogens with one attached hydrogen (secondary N) is 1. The van der Waals surface area contributed by atoms with Gasteiger partial charge < -0.3 is 10.1 Å². The first-order valence-electron chi connectivity index (χ1n) is 9.29. The van der Waals surface area contributed by atoms with Crippen molar-refractivity contribution in [1.29, 1.82) is 0 Å². The van der Waals surface area contributed by atoms with Crippen LogP contribution in [0, 0.1) is 6.92 Å². The van der Waals surface area contributed by atoms with Crippen LogP contribution < -0.4 is 10.1 Å². The SMILES string of the molecule is COc1ccc(NC(=O)C(C)S(=O)(=O)Cc2c(C)nn(-c3ccccc3)c2Cl)cc1Cl. The number of hydrogen-bond donors (Lipinski definition) is 1. The molecule has 0 bridgehead atoms. The van der Waals surface area contributed by atoms with Crippen LogP contribution >= 0.6 is 23.2 Å². The minimum absolute atomic E-state index is 0.196. The fraction of sp³-hybridized carbons (Fsp3) is 0.238. The van der Waals surface area contributed by atoms with Gasteiger partial charge in [-0.15, -0.1) is 0 Å². The normalized spacial score (nSPS) is 12.4. The zero-order chi connectivity index (χ0) is 22.8. The van der Waals surface area contributed by atoms with Crippen molar-refractivity contribution >= 4 is 44.6 Å². The van der Waals surface area contributed by atoms with Crippen LogP contribution in [-0.2, 0) is 20.4 Å². The van der Waals surface area contributed by atoms with E-state index in [4.69, 9.17) is 27.9 Å². The Morgan fingerprint density at radius 1 is 1.19 bits per heavy atom. The monoisotopic (exact) mass is 481 g/mol. The summed E-state index contributed by atoms with van der Waals surface area (Å²) in [7, 11) is -2.40. The summed E-state index contributed by atoms with van der Waals surface area (Å²) < 4.78 is 32.4. The lowest BCUT2D eigenvalue weighted by Gasteiger charge is -2.14. The first-order chi connectivity index (χ1) is 14.6. The number of methoxy groups -OCH3 is 1. The smallest absolute Gasteiger partial charge is 0.242 e. The minimum Gasteiger partial charge on any atom is -0.495 e. The fourth-order valence-corrected chi connectivity index (χ4v) is 4.97. The van der Waals surface area contributed by atoms with E-state index in [9.17, 15) is 13.2 Å². The van der Waals surface area contributed by atoms with Crippen molar-refractivity contribution in [3.05, 3.63) is 70.0 Å². The van der Waals surface area contributed by atoms with Gasteiger partial charge in [0.05, 0.1) is 29.3 Å². The molecule has 0 aliphatic rings. The molecule has 3 aromatic rings. The number of benzene rings is 2. The lowest BCUT2D eigenvalue weighted by atomic mass is 10.3. The number of ether oxygens (including phenoxy) is 1. The van der Waals surface area contributed by atoms with E-state index in [2.05, 4.69) is 10.4 Å². The molecule has 0 fully saturated rings. The number of aryl methyl sites for hydroxylation is 1. The molecule has 164 valence electrons. The van der Waals surface area contributed by atoms with Gasteiger partial charge in [0.25, 0.3) is 0 Å². The first-order valence-corrected chi connectivity index (χ1v) is 11.8. The van der Waals surface area contributed by atoms with Gasteiger partial charge in [-0.05, 0) is 44.2 Å². The molecule has 7 nitrogen and oxygen atoms in total. The quantitative estimate of drug-likeness (QED) is 0.538. The van der Waals surface area contributed by atoms with Gasteiger partial charge in [0.15, 0.2) is 9.84 Å². The highest BCUT2D eigenvalue weighted by molar-refractivity contribution is 7.92. The second kappa shape index (κ2) is 9.30. The molecule has 0 spiro atoms. The van der Waals surface area contributed by atoms with Crippen LogP contribution in [-0.4, -0.2) is 36.5 Å². The molecule has 0 saturated carbocycles. The number of rotatable bonds is 7. The number of anilines is 1. The Kier molecular flexibility index (Phi) is 6.93. The fourth-order valence-electron chi connectivity index (χ4n) is 2.91. The zero-order valence-corrected chi connectivity index (χ0v) is 19.4. The summed E-state index contributed by atoms with van der Waals surface area (Å²) in [5.74, 6) is -0.644. The molecule has 1 amide bonds. The molecule has 3 rings (SSSR count). The van der Waals surface area contributed by atoms with Crippen LogP contribution in [0.1, 0.15) is 18.2 Å². The predicted octanol–water partition coefficient (Wildman–Crippen LogP) is 4.44. The van der Waals surface area contributed by atoms with Gasteiger partial charge in [0.1, 0.15) is 16.2 Å². The molecular weight excluding hydrogens is 461 g/mol. The third-order valence-corrected chi connectivity index (χ3v) is 7.46. The lowest BCUT2D eigenvalue weighted by molar-refractivity contribution is -0.115. The number of sulfone groups is 1. The van der Waals surface area contributed by atoms with Crippen LogP contribution in [0.25, 0.3) is 5.69 Å². The maximum absolute atomic E-state index is 12.9. The van der Waals surface area contributed by atoms with Gasteiger partial charge in [-0.1, -0.05) is 41.4 Å². The number of carbonyl (C=O) groups excluding carboxylic acids is 1. The van der Waals surface area contributed by atoms with E-state index in [0.717, 1.165) is 0 Å². The van der Waals surface area contributed by atoms with E-state index < -0.39 is 26.7 Å². The molecule has 31 heavy (non-hydrogen) atoms. The molecule has 0 aliphatic heterocycles. The molecule has 1 heterocycles. The molecule has 0 aliphatic carbocycles. The Hall–Kier alpha value is -2.55. The Labute approximate surface area is 190 Å². The molecule has 1 aromatic heterocycles. The molecular formula is C21H21Cl2N3O4S. The van der Waals surface area contributed by atoms with Crippen LogP contribution in [0.5, 0.6) is 5.75 Å². The van der Waals surface area contributed by atoms with Gasteiger partial charge in [0, 0.05) is 11.3 Å². The van der Waals surface area contributed by atoms with Gasteiger partial charge in [-0.2, -0.15) is 5.10 Å². The second-order valence-corrected chi connectivity index (χ2v) is 9.98. The number of carbonyl (C=O) groups is 1. The molecule has 1 unspecified atom stereocenters. The second-order valence-electron chi connectivity index (χ2n) is 6.89. The number of para-hydroxylation sites is 1. The zero-order valence-electron chi connectivity index (χ0n) is 17.1. The van der Waals surface area contributed by atoms with Gasteiger partial charge >= 0.3 is 0 Å². The van der Waals surface area contributed by atoms with Gasteiger partial charge in [0.2, 0.25) is 5.91 Å². The van der Waals surface area contributed by atoms with Crippen LogP contribution in [0.4, 0.5) is 5.69 Å². The van der Waals surface area contributed by atoms with Crippen LogP contribution in [0.15, 0.2) is 48.5 Å². The maximum Gasteiger partial charge on any atom is 0.242 e. The number of halogens is 2. The van der Waals surface area contributed by atoms with Crippen molar-refractivity contribution in [2.45, 2.75) is 24.9 Å². The maximum atomic E-state index is 12.9. The Morgan fingerprint density at radius 2 is 1.87 bits per heavy atom. The summed E-state index contributed by atoms with van der Waals surface area (Å²) in [6.07, 6.45) is 0. The molecule has 1 atom stereocenters. The van der Waals surface area contributed by atoms with Gasteiger partial charge in [-0.25, -0.2) is 13.1 Å². The average Bonchev–Trinajstić information content (AvgIpc) is 3.01. The topological polar surface area (TPSA) is 90.3 Å². The molecule has 0 radical (unpaired) electrons. The van der Waals surface area contributed by atoms with Crippen molar-refractivity contribution in [3.8, 4) is 11.4 Å². The summed E-state index contributed by atoms with van der Waals surface area (Å²) in [6.45, 7) is 3.01. The van der Waals surface area contributed by atoms with Crippen molar-refractivity contribution in [3.63, 3.8) is 0 Å². The lowest BCUT2D eigenvalue weighted by Crippen LogP contribution is -2.33. The summed E-state index contributed by atoms with van der Waals surface area (Å²) in [6, 6.07) is 13.8. The number of aromatic nitrogens is 2. The van der Waals surface area contributed by atoms with E-state index in [1.807, 2.05) is 30.3 Å². The Morgan fingerprint density at radius 3 is 2.48 bits per heavy atom. The van der Waals surface area contributed by atoms with Gasteiger partial charge in [-0.3, -0.25) is 4.79 Å². The van der Waals surface area contributed by atoms with E-state index in [-0.39, 0.29) is 5.15 Å². The van der Waals surface area contributed by atoms with Crippen LogP contribution in [0.2, 0.25) is 10.2 Å². The minimum atomic E-state index is -3.88.